The van der Waals surface area contributed by atoms with Crippen molar-refractivity contribution >= 4 is 15.7 Å². The minimum absolute atomic E-state index is 0.0276. The van der Waals surface area contributed by atoms with Gasteiger partial charge in [0.25, 0.3) is 0 Å². The Kier molecular flexibility index (Phi) is 7.61. The number of halogens is 2. The second-order valence-corrected chi connectivity index (χ2v) is 9.58. The fourth-order valence-electron chi connectivity index (χ4n) is 3.41. The van der Waals surface area contributed by atoms with Crippen molar-refractivity contribution in [1.29, 1.82) is 0 Å². The summed E-state index contributed by atoms with van der Waals surface area (Å²) in [5, 5.41) is 0. The molecule has 168 valence electrons. The average molecular weight is 453 g/mol. The summed E-state index contributed by atoms with van der Waals surface area (Å²) in [7, 11) is -3.22. The molecule has 3 rings (SSSR count). The molecule has 1 amide bonds. The molecule has 1 saturated heterocycles. The first-order valence-corrected chi connectivity index (χ1v) is 12.0. The Morgan fingerprint density at radius 3 is 2.32 bits per heavy atom. The molecular weight excluding hydrogens is 426 g/mol. The number of ether oxygens (including phenoxy) is 1. The molecule has 0 aliphatic carbocycles. The fourth-order valence-corrected chi connectivity index (χ4v) is 4.04. The smallest absolute Gasteiger partial charge is 0.222 e. The fraction of sp³-hybridized carbons (Fsp3) is 0.409. The van der Waals surface area contributed by atoms with Gasteiger partial charge in [-0.25, -0.2) is 17.2 Å². The third kappa shape index (κ3) is 6.73. The Morgan fingerprint density at radius 1 is 1.03 bits per heavy atom. The molecule has 31 heavy (non-hydrogen) atoms. The Morgan fingerprint density at radius 2 is 1.71 bits per heavy atom. The van der Waals surface area contributed by atoms with E-state index in [1.54, 1.807) is 24.3 Å². The van der Waals surface area contributed by atoms with Crippen molar-refractivity contribution in [1.82, 2.24) is 9.80 Å². The second kappa shape index (κ2) is 10.2. The summed E-state index contributed by atoms with van der Waals surface area (Å²) in [6.07, 6.45) is 2.09. The molecule has 1 aliphatic heterocycles. The molecule has 0 radical (unpaired) electrons. The number of hydrogen-bond donors (Lipinski definition) is 0. The van der Waals surface area contributed by atoms with Crippen LogP contribution >= 0.6 is 0 Å². The predicted molar refractivity (Wildman–Crippen MR) is 113 cm³/mol. The summed E-state index contributed by atoms with van der Waals surface area (Å²) < 4.78 is 54.9. The maximum absolute atomic E-state index is 13.6. The summed E-state index contributed by atoms with van der Waals surface area (Å²) >= 11 is 0. The molecular formula is C22H26F2N2O4S. The van der Waals surface area contributed by atoms with E-state index in [0.717, 1.165) is 17.7 Å². The van der Waals surface area contributed by atoms with E-state index in [4.69, 9.17) is 4.74 Å². The lowest BCUT2D eigenvalue weighted by Crippen LogP contribution is -2.49. The summed E-state index contributed by atoms with van der Waals surface area (Å²) in [4.78, 5) is 16.7. The number of benzene rings is 2. The number of aryl methyl sites for hydroxylation is 1. The van der Waals surface area contributed by atoms with Crippen LogP contribution in [0.25, 0.3) is 0 Å². The van der Waals surface area contributed by atoms with Gasteiger partial charge in [-0.05, 0) is 36.2 Å². The first kappa shape index (κ1) is 23.1. The van der Waals surface area contributed by atoms with Crippen molar-refractivity contribution in [3.05, 3.63) is 59.7 Å². The number of nitrogens with zero attached hydrogens (tertiary/aromatic N) is 2. The number of carbonyl (C=O) groups is 1. The molecule has 2 aromatic rings. The van der Waals surface area contributed by atoms with E-state index in [1.165, 1.54) is 12.3 Å². The van der Waals surface area contributed by atoms with E-state index in [0.29, 0.717) is 45.6 Å². The van der Waals surface area contributed by atoms with Crippen molar-refractivity contribution in [3.63, 3.8) is 0 Å². The topological polar surface area (TPSA) is 66.9 Å². The summed E-state index contributed by atoms with van der Waals surface area (Å²) in [5.74, 6) is -1.27. The Hall–Kier alpha value is -2.52. The van der Waals surface area contributed by atoms with E-state index in [2.05, 4.69) is 4.90 Å². The standard InChI is InChI=1S/C22H26F2N2O4S/c1-31(28,29)19-6-2-17(3-7-19)4-9-22(27)26-12-10-25(11-13-26)14-15-30-21-8-5-18(23)16-20(21)24/h2-3,5-8,16H,4,9-15H2,1H3. The van der Waals surface area contributed by atoms with E-state index in [-0.39, 0.29) is 23.2 Å². The number of sulfone groups is 1. The lowest BCUT2D eigenvalue weighted by Gasteiger charge is -2.34. The van der Waals surface area contributed by atoms with Gasteiger partial charge in [-0.2, -0.15) is 0 Å². The Bertz CT molecular complexity index is 1000. The minimum Gasteiger partial charge on any atom is -0.489 e. The molecule has 1 heterocycles. The maximum Gasteiger partial charge on any atom is 0.222 e. The van der Waals surface area contributed by atoms with Crippen LogP contribution in [-0.2, 0) is 21.1 Å². The molecule has 0 saturated carbocycles. The highest BCUT2D eigenvalue weighted by Crippen LogP contribution is 2.17. The minimum atomic E-state index is -3.22. The molecule has 1 aliphatic rings. The molecule has 0 bridgehead atoms. The second-order valence-electron chi connectivity index (χ2n) is 7.56. The van der Waals surface area contributed by atoms with E-state index >= 15 is 0 Å². The van der Waals surface area contributed by atoms with Gasteiger partial charge in [-0.3, -0.25) is 9.69 Å². The number of hydrogen-bond acceptors (Lipinski definition) is 5. The molecule has 2 aromatic carbocycles. The predicted octanol–water partition coefficient (Wildman–Crippen LogP) is 2.52. The van der Waals surface area contributed by atoms with Gasteiger partial charge < -0.3 is 9.64 Å². The first-order valence-electron chi connectivity index (χ1n) is 10.1. The zero-order valence-corrected chi connectivity index (χ0v) is 18.2. The van der Waals surface area contributed by atoms with Crippen molar-refractivity contribution in [2.24, 2.45) is 0 Å². The molecule has 6 nitrogen and oxygen atoms in total. The number of carbonyl (C=O) groups excluding carboxylic acids is 1. The van der Waals surface area contributed by atoms with Crippen LogP contribution in [0.4, 0.5) is 8.78 Å². The van der Waals surface area contributed by atoms with Crippen LogP contribution in [0.3, 0.4) is 0 Å². The largest absolute Gasteiger partial charge is 0.489 e. The van der Waals surface area contributed by atoms with Gasteiger partial charge in [0.2, 0.25) is 5.91 Å². The van der Waals surface area contributed by atoms with Gasteiger partial charge in [0.05, 0.1) is 4.90 Å². The normalized spacial score (nSPS) is 15.1. The zero-order chi connectivity index (χ0) is 22.4. The summed E-state index contributed by atoms with van der Waals surface area (Å²) in [6.45, 7) is 3.48. The highest BCUT2D eigenvalue weighted by Gasteiger charge is 2.21. The number of amides is 1. The lowest BCUT2D eigenvalue weighted by molar-refractivity contribution is -0.132. The van der Waals surface area contributed by atoms with Crippen LogP contribution < -0.4 is 4.74 Å². The number of rotatable bonds is 8. The SMILES string of the molecule is CS(=O)(=O)c1ccc(CCC(=O)N2CCN(CCOc3ccc(F)cc3F)CC2)cc1. The van der Waals surface area contributed by atoms with Crippen LogP contribution in [0.2, 0.25) is 0 Å². The van der Waals surface area contributed by atoms with Gasteiger partial charge in [-0.1, -0.05) is 12.1 Å². The van der Waals surface area contributed by atoms with E-state index < -0.39 is 21.5 Å². The van der Waals surface area contributed by atoms with Gasteiger partial charge in [0.15, 0.2) is 21.4 Å². The zero-order valence-electron chi connectivity index (χ0n) is 17.4. The highest BCUT2D eigenvalue weighted by molar-refractivity contribution is 7.90. The molecule has 0 atom stereocenters. The summed E-state index contributed by atoms with van der Waals surface area (Å²) in [6, 6.07) is 9.83. The Balaban J connectivity index is 1.37. The van der Waals surface area contributed by atoms with Crippen LogP contribution in [0.15, 0.2) is 47.4 Å². The molecule has 0 unspecified atom stereocenters. The van der Waals surface area contributed by atoms with E-state index in [1.807, 2.05) is 4.90 Å². The monoisotopic (exact) mass is 452 g/mol. The van der Waals surface area contributed by atoms with Crippen LogP contribution in [0.1, 0.15) is 12.0 Å². The van der Waals surface area contributed by atoms with Crippen molar-refractivity contribution < 1.29 is 26.7 Å². The molecule has 0 spiro atoms. The number of piperazine rings is 1. The molecule has 1 fully saturated rings. The van der Waals surface area contributed by atoms with Gasteiger partial charge in [0, 0.05) is 51.5 Å². The lowest BCUT2D eigenvalue weighted by atomic mass is 10.1. The van der Waals surface area contributed by atoms with Crippen LogP contribution in [0.5, 0.6) is 5.75 Å². The highest BCUT2D eigenvalue weighted by atomic mass is 32.2. The van der Waals surface area contributed by atoms with Gasteiger partial charge in [-0.15, -0.1) is 0 Å². The van der Waals surface area contributed by atoms with Crippen molar-refractivity contribution in [3.8, 4) is 5.75 Å². The third-order valence-corrected chi connectivity index (χ3v) is 6.39. The molecule has 0 aromatic heterocycles. The third-order valence-electron chi connectivity index (χ3n) is 5.26. The average Bonchev–Trinajstić information content (AvgIpc) is 2.74. The van der Waals surface area contributed by atoms with Crippen molar-refractivity contribution in [2.75, 3.05) is 45.6 Å². The van der Waals surface area contributed by atoms with Gasteiger partial charge in [0.1, 0.15) is 12.4 Å². The quantitative estimate of drug-likeness (QED) is 0.616. The molecule has 9 heteroatoms. The maximum atomic E-state index is 13.6. The Labute approximate surface area is 181 Å². The van der Waals surface area contributed by atoms with E-state index in [9.17, 15) is 22.0 Å². The summed E-state index contributed by atoms with van der Waals surface area (Å²) in [5.41, 5.74) is 0.921. The van der Waals surface area contributed by atoms with Crippen LogP contribution in [-0.4, -0.2) is 69.7 Å². The van der Waals surface area contributed by atoms with Crippen molar-refractivity contribution in [2.45, 2.75) is 17.7 Å². The molecule has 0 N–H and O–H groups in total. The first-order chi connectivity index (χ1) is 14.7. The van der Waals surface area contributed by atoms with Crippen LogP contribution in [0, 0.1) is 11.6 Å². The van der Waals surface area contributed by atoms with Gasteiger partial charge >= 0.3 is 0 Å².